The molecule has 2 aromatic rings. The number of benzene rings is 1. The Bertz CT molecular complexity index is 755. The van der Waals surface area contributed by atoms with E-state index in [1.165, 1.54) is 5.57 Å². The molecule has 3 rings (SSSR count). The molecule has 0 aliphatic carbocycles. The third-order valence-corrected chi connectivity index (χ3v) is 4.14. The number of hydrogen-bond donors (Lipinski definition) is 0. The largest absolute Gasteiger partial charge is 0.377 e. The normalized spacial score (nSPS) is 15.5. The number of allylic oxidation sites excluding steroid dienone is 1. The van der Waals surface area contributed by atoms with Gasteiger partial charge in [0.15, 0.2) is 0 Å². The van der Waals surface area contributed by atoms with Crippen molar-refractivity contribution >= 4 is 16.5 Å². The maximum absolute atomic E-state index is 12.3. The Morgan fingerprint density at radius 3 is 2.68 bits per heavy atom. The summed E-state index contributed by atoms with van der Waals surface area (Å²) in [7, 11) is 0. The van der Waals surface area contributed by atoms with Crippen molar-refractivity contribution in [2.45, 2.75) is 39.7 Å². The molecule has 0 atom stereocenters. The second-order valence-electron chi connectivity index (χ2n) is 5.85. The highest BCUT2D eigenvalue weighted by Gasteiger charge is 2.20. The molecule has 0 N–H and O–H groups in total. The first-order chi connectivity index (χ1) is 10.7. The minimum absolute atomic E-state index is 0.118. The monoisotopic (exact) mass is 297 g/mol. The summed E-state index contributed by atoms with van der Waals surface area (Å²) in [6.07, 6.45) is 5.42. The van der Waals surface area contributed by atoms with Crippen molar-refractivity contribution in [3.63, 3.8) is 0 Å². The van der Waals surface area contributed by atoms with Gasteiger partial charge in [0, 0.05) is 31.4 Å². The van der Waals surface area contributed by atoms with Crippen LogP contribution in [-0.4, -0.2) is 27.5 Å². The van der Waals surface area contributed by atoms with Gasteiger partial charge >= 0.3 is 0 Å². The van der Waals surface area contributed by atoms with E-state index in [9.17, 15) is 4.79 Å². The van der Waals surface area contributed by atoms with Gasteiger partial charge in [-0.25, -0.2) is 0 Å². The second-order valence-corrected chi connectivity index (χ2v) is 5.85. The molecule has 1 aliphatic rings. The fourth-order valence-electron chi connectivity index (χ4n) is 3.19. The number of para-hydroxylation sites is 1. The van der Waals surface area contributed by atoms with E-state index in [1.807, 2.05) is 24.3 Å². The second kappa shape index (κ2) is 6.34. The van der Waals surface area contributed by atoms with Crippen LogP contribution in [0.15, 0.2) is 35.3 Å². The average molecular weight is 297 g/mol. The Morgan fingerprint density at radius 1 is 1.23 bits per heavy atom. The Labute approximate surface area is 131 Å². The first kappa shape index (κ1) is 14.8. The first-order valence-electron chi connectivity index (χ1n) is 8.19. The van der Waals surface area contributed by atoms with Gasteiger partial charge < -0.3 is 9.47 Å². The van der Waals surface area contributed by atoms with Crippen molar-refractivity contribution in [2.24, 2.45) is 0 Å². The van der Waals surface area contributed by atoms with Gasteiger partial charge in [0.25, 0.3) is 5.56 Å². The zero-order chi connectivity index (χ0) is 15.5. The van der Waals surface area contributed by atoms with E-state index in [0.717, 1.165) is 50.2 Å². The summed E-state index contributed by atoms with van der Waals surface area (Å²) < 4.78 is 2.18. The SMILES string of the molecule is CCCN(/C=C1\CCn2c1nc(=O)c1ccccc12)CCC. The third kappa shape index (κ3) is 2.65. The summed E-state index contributed by atoms with van der Waals surface area (Å²) in [4.78, 5) is 19.0. The maximum Gasteiger partial charge on any atom is 0.281 e. The minimum atomic E-state index is -0.118. The molecule has 0 saturated heterocycles. The number of nitrogens with zero attached hydrogens (tertiary/aromatic N) is 3. The number of hydrogen-bond acceptors (Lipinski definition) is 3. The summed E-state index contributed by atoms with van der Waals surface area (Å²) in [5.41, 5.74) is 2.07. The molecule has 0 fully saturated rings. The number of fused-ring (bicyclic) bond motifs is 3. The lowest BCUT2D eigenvalue weighted by molar-refractivity contribution is 0.376. The molecular weight excluding hydrogens is 274 g/mol. The van der Waals surface area contributed by atoms with E-state index < -0.39 is 0 Å². The van der Waals surface area contributed by atoms with Crippen LogP contribution in [0.1, 0.15) is 38.9 Å². The van der Waals surface area contributed by atoms with Gasteiger partial charge in [-0.2, -0.15) is 4.98 Å². The van der Waals surface area contributed by atoms with Gasteiger partial charge in [-0.15, -0.1) is 0 Å². The Kier molecular flexibility index (Phi) is 4.27. The standard InChI is InChI=1S/C18H23N3O/c1-3-10-20(11-4-2)13-14-9-12-21-16-8-6-5-7-15(16)18(22)19-17(14)21/h5-8,13H,3-4,9-12H2,1-2H3/b14-13+. The lowest BCUT2D eigenvalue weighted by Crippen LogP contribution is -2.20. The summed E-state index contributed by atoms with van der Waals surface area (Å²) >= 11 is 0. The van der Waals surface area contributed by atoms with E-state index in [4.69, 9.17) is 0 Å². The van der Waals surface area contributed by atoms with Gasteiger partial charge in [0.1, 0.15) is 5.82 Å². The molecule has 4 nitrogen and oxygen atoms in total. The van der Waals surface area contributed by atoms with Crippen molar-refractivity contribution in [3.05, 3.63) is 46.6 Å². The molecule has 2 heterocycles. The Morgan fingerprint density at radius 2 is 1.95 bits per heavy atom. The predicted octanol–water partition coefficient (Wildman–Crippen LogP) is 3.26. The molecule has 0 unspecified atom stereocenters. The fourth-order valence-corrected chi connectivity index (χ4v) is 3.19. The van der Waals surface area contributed by atoms with Crippen LogP contribution >= 0.6 is 0 Å². The maximum atomic E-state index is 12.3. The highest BCUT2D eigenvalue weighted by molar-refractivity contribution is 5.81. The van der Waals surface area contributed by atoms with Crippen molar-refractivity contribution in [2.75, 3.05) is 13.1 Å². The third-order valence-electron chi connectivity index (χ3n) is 4.14. The molecule has 1 aromatic carbocycles. The van der Waals surface area contributed by atoms with E-state index in [-0.39, 0.29) is 5.56 Å². The van der Waals surface area contributed by atoms with E-state index in [1.54, 1.807) is 0 Å². The van der Waals surface area contributed by atoms with Gasteiger partial charge in [0.2, 0.25) is 0 Å². The summed E-state index contributed by atoms with van der Waals surface area (Å²) in [6.45, 7) is 7.39. The van der Waals surface area contributed by atoms with E-state index in [0.29, 0.717) is 5.39 Å². The van der Waals surface area contributed by atoms with Crippen molar-refractivity contribution in [3.8, 4) is 0 Å². The Hall–Kier alpha value is -2.10. The topological polar surface area (TPSA) is 38.1 Å². The van der Waals surface area contributed by atoms with Crippen LogP contribution in [0.3, 0.4) is 0 Å². The molecule has 0 amide bonds. The van der Waals surface area contributed by atoms with Crippen LogP contribution in [-0.2, 0) is 6.54 Å². The van der Waals surface area contributed by atoms with Gasteiger partial charge in [0.05, 0.1) is 10.9 Å². The van der Waals surface area contributed by atoms with Gasteiger partial charge in [-0.3, -0.25) is 4.79 Å². The molecule has 1 aliphatic heterocycles. The predicted molar refractivity (Wildman–Crippen MR) is 90.8 cm³/mol. The van der Waals surface area contributed by atoms with E-state index in [2.05, 4.69) is 34.5 Å². The van der Waals surface area contributed by atoms with Crippen LogP contribution in [0, 0.1) is 0 Å². The van der Waals surface area contributed by atoms with Crippen LogP contribution in [0.2, 0.25) is 0 Å². The van der Waals surface area contributed by atoms with Crippen LogP contribution in [0.5, 0.6) is 0 Å². The number of aryl methyl sites for hydroxylation is 1. The first-order valence-corrected chi connectivity index (χ1v) is 8.19. The summed E-state index contributed by atoms with van der Waals surface area (Å²) in [5.74, 6) is 0.848. The molecule has 4 heteroatoms. The lowest BCUT2D eigenvalue weighted by atomic mass is 10.2. The summed E-state index contributed by atoms with van der Waals surface area (Å²) in [5, 5.41) is 0.714. The van der Waals surface area contributed by atoms with Crippen LogP contribution in [0.4, 0.5) is 0 Å². The molecule has 0 bridgehead atoms. The van der Waals surface area contributed by atoms with Crippen LogP contribution < -0.4 is 5.56 Å². The molecule has 22 heavy (non-hydrogen) atoms. The molecule has 1 aromatic heterocycles. The van der Waals surface area contributed by atoms with Crippen LogP contribution in [0.25, 0.3) is 16.5 Å². The quantitative estimate of drug-likeness (QED) is 0.850. The fraction of sp³-hybridized carbons (Fsp3) is 0.444. The van der Waals surface area contributed by atoms with Gasteiger partial charge in [-0.1, -0.05) is 26.0 Å². The molecule has 116 valence electrons. The molecule has 0 spiro atoms. The van der Waals surface area contributed by atoms with Crippen molar-refractivity contribution in [1.29, 1.82) is 0 Å². The van der Waals surface area contributed by atoms with Gasteiger partial charge in [-0.05, 0) is 31.4 Å². The highest BCUT2D eigenvalue weighted by atomic mass is 16.1. The molecule has 0 saturated carbocycles. The zero-order valence-electron chi connectivity index (χ0n) is 13.4. The summed E-state index contributed by atoms with van der Waals surface area (Å²) in [6, 6.07) is 7.76. The smallest absolute Gasteiger partial charge is 0.281 e. The lowest BCUT2D eigenvalue weighted by Gasteiger charge is -2.19. The van der Waals surface area contributed by atoms with Crippen molar-refractivity contribution < 1.29 is 0 Å². The molecule has 0 radical (unpaired) electrons. The number of rotatable bonds is 5. The zero-order valence-corrected chi connectivity index (χ0v) is 13.4. The van der Waals surface area contributed by atoms with E-state index >= 15 is 0 Å². The average Bonchev–Trinajstić information content (AvgIpc) is 2.91. The highest BCUT2D eigenvalue weighted by Crippen LogP contribution is 2.28. The van der Waals surface area contributed by atoms with Crippen molar-refractivity contribution in [1.82, 2.24) is 14.5 Å². The minimum Gasteiger partial charge on any atom is -0.377 e. The molecular formula is C18H23N3O. The Balaban J connectivity index is 2.06. The number of aromatic nitrogens is 2.